The quantitative estimate of drug-likeness (QED) is 0.611. The Balaban J connectivity index is 0.00000156. The molecule has 0 aliphatic heterocycles. The summed E-state index contributed by atoms with van der Waals surface area (Å²) in [6, 6.07) is 14.6. The van der Waals surface area contributed by atoms with Gasteiger partial charge in [-0.3, -0.25) is 0 Å². The van der Waals surface area contributed by atoms with Crippen LogP contribution in [0.4, 0.5) is 5.82 Å². The summed E-state index contributed by atoms with van der Waals surface area (Å²) in [6.45, 7) is 1.18. The van der Waals surface area contributed by atoms with Crippen LogP contribution in [0.15, 0.2) is 48.8 Å². The van der Waals surface area contributed by atoms with Crippen LogP contribution < -0.4 is 11.1 Å². The Bertz CT molecular complexity index is 797. The van der Waals surface area contributed by atoms with Gasteiger partial charge in [0.25, 0.3) is 0 Å². The molecule has 0 saturated heterocycles. The molecule has 25 heavy (non-hydrogen) atoms. The summed E-state index contributed by atoms with van der Waals surface area (Å²) in [6.07, 6.45) is 2.42. The van der Waals surface area contributed by atoms with E-state index in [-0.39, 0.29) is 31.4 Å². The van der Waals surface area contributed by atoms with Crippen molar-refractivity contribution in [3.05, 3.63) is 54.4 Å². The Morgan fingerprint density at radius 3 is 2.36 bits per heavy atom. The molecule has 2 aromatic carbocycles. The maximum absolute atomic E-state index is 8.99. The number of hydrogen-bond donors (Lipinski definition) is 3. The lowest BCUT2D eigenvalue weighted by molar-refractivity contribution is 0.311. The second-order valence-electron chi connectivity index (χ2n) is 5.34. The second-order valence-corrected chi connectivity index (χ2v) is 5.34. The summed E-state index contributed by atoms with van der Waals surface area (Å²) in [5, 5.41) is 13.1. The third-order valence-electron chi connectivity index (χ3n) is 3.76. The highest BCUT2D eigenvalue weighted by molar-refractivity contribution is 5.92. The number of anilines is 1. The largest absolute Gasteiger partial charge is 0.395 e. The van der Waals surface area contributed by atoms with Crippen molar-refractivity contribution in [2.24, 2.45) is 5.73 Å². The van der Waals surface area contributed by atoms with E-state index in [2.05, 4.69) is 51.7 Å². The van der Waals surface area contributed by atoms with E-state index in [4.69, 9.17) is 10.8 Å². The number of halogens is 2. The van der Waals surface area contributed by atoms with Gasteiger partial charge in [-0.05, 0) is 41.8 Å². The fourth-order valence-corrected chi connectivity index (χ4v) is 2.58. The van der Waals surface area contributed by atoms with Gasteiger partial charge in [-0.15, -0.1) is 24.8 Å². The summed E-state index contributed by atoms with van der Waals surface area (Å²) in [7, 11) is 0. The minimum atomic E-state index is 0. The molecule has 1 aromatic heterocycles. The van der Waals surface area contributed by atoms with Gasteiger partial charge in [0.05, 0.1) is 12.1 Å². The number of fused-ring (bicyclic) bond motifs is 1. The average molecular weight is 381 g/mol. The van der Waals surface area contributed by atoms with E-state index >= 15 is 0 Å². The van der Waals surface area contributed by atoms with E-state index in [1.165, 1.54) is 11.9 Å². The summed E-state index contributed by atoms with van der Waals surface area (Å²) in [5.41, 5.74) is 9.96. The van der Waals surface area contributed by atoms with Crippen molar-refractivity contribution in [3.8, 4) is 11.1 Å². The molecule has 0 aliphatic rings. The summed E-state index contributed by atoms with van der Waals surface area (Å²) < 4.78 is 0. The molecule has 0 fully saturated rings. The van der Waals surface area contributed by atoms with Gasteiger partial charge >= 0.3 is 0 Å². The Morgan fingerprint density at radius 2 is 1.68 bits per heavy atom. The summed E-state index contributed by atoms with van der Waals surface area (Å²) in [4.78, 5) is 8.57. The van der Waals surface area contributed by atoms with Crippen LogP contribution in [0.1, 0.15) is 5.56 Å². The Kier molecular flexibility index (Phi) is 8.58. The Labute approximate surface area is 159 Å². The number of nitrogens with two attached hydrogens (primary N) is 1. The van der Waals surface area contributed by atoms with Crippen molar-refractivity contribution < 1.29 is 5.11 Å². The zero-order valence-electron chi connectivity index (χ0n) is 13.7. The molecule has 0 saturated carbocycles. The lowest BCUT2D eigenvalue weighted by Gasteiger charge is -2.09. The van der Waals surface area contributed by atoms with Crippen molar-refractivity contribution in [1.82, 2.24) is 9.97 Å². The molecule has 1 heterocycles. The smallest absolute Gasteiger partial charge is 0.137 e. The molecule has 0 spiro atoms. The molecule has 5 nitrogen and oxygen atoms in total. The number of aliphatic hydroxyl groups is 1. The number of hydrogen-bond acceptors (Lipinski definition) is 5. The van der Waals surface area contributed by atoms with Crippen LogP contribution in [0.3, 0.4) is 0 Å². The topological polar surface area (TPSA) is 84.1 Å². The highest BCUT2D eigenvalue weighted by atomic mass is 35.5. The van der Waals surface area contributed by atoms with E-state index in [1.807, 2.05) is 6.07 Å². The maximum Gasteiger partial charge on any atom is 0.137 e. The van der Waals surface area contributed by atoms with E-state index in [9.17, 15) is 0 Å². The minimum Gasteiger partial charge on any atom is -0.395 e. The van der Waals surface area contributed by atoms with Gasteiger partial charge in [0.15, 0.2) is 0 Å². The van der Waals surface area contributed by atoms with Crippen LogP contribution >= 0.6 is 24.8 Å². The molecule has 0 amide bonds. The first-order valence-corrected chi connectivity index (χ1v) is 7.70. The number of nitrogens with one attached hydrogen (secondary N) is 1. The van der Waals surface area contributed by atoms with Crippen LogP contribution in [0.2, 0.25) is 0 Å². The molecule has 0 bridgehead atoms. The van der Waals surface area contributed by atoms with Crippen LogP contribution in [0.25, 0.3) is 22.0 Å². The van der Waals surface area contributed by atoms with Crippen LogP contribution in [0, 0.1) is 0 Å². The number of aliphatic hydroxyl groups excluding tert-OH is 1. The highest BCUT2D eigenvalue weighted by Gasteiger charge is 2.06. The molecule has 134 valence electrons. The van der Waals surface area contributed by atoms with Gasteiger partial charge in [0.2, 0.25) is 0 Å². The van der Waals surface area contributed by atoms with Gasteiger partial charge in [-0.1, -0.05) is 30.3 Å². The van der Waals surface area contributed by atoms with Crippen LogP contribution in [0.5, 0.6) is 0 Å². The lowest BCUT2D eigenvalue weighted by Crippen LogP contribution is -2.07. The fraction of sp³-hybridized carbons (Fsp3) is 0.222. The normalized spacial score (nSPS) is 10.0. The summed E-state index contributed by atoms with van der Waals surface area (Å²) in [5.74, 6) is 0.741. The lowest BCUT2D eigenvalue weighted by atomic mass is 10.0. The number of aromatic nitrogens is 2. The van der Waals surface area contributed by atoms with Gasteiger partial charge in [0.1, 0.15) is 12.1 Å². The van der Waals surface area contributed by atoms with Crippen molar-refractivity contribution in [2.75, 3.05) is 25.0 Å². The molecular weight excluding hydrogens is 359 g/mol. The molecule has 0 unspecified atom stereocenters. The molecule has 3 aromatic rings. The first-order chi connectivity index (χ1) is 11.3. The molecule has 0 atom stereocenters. The van der Waals surface area contributed by atoms with E-state index in [1.54, 1.807) is 0 Å². The van der Waals surface area contributed by atoms with E-state index in [0.717, 1.165) is 34.3 Å². The number of rotatable bonds is 6. The number of benzene rings is 2. The molecule has 0 radical (unpaired) electrons. The molecule has 4 N–H and O–H groups in total. The monoisotopic (exact) mass is 380 g/mol. The molecular formula is C18H22Cl2N4O. The number of nitrogens with zero attached hydrogens (tertiary/aromatic N) is 2. The van der Waals surface area contributed by atoms with E-state index < -0.39 is 0 Å². The predicted molar refractivity (Wildman–Crippen MR) is 108 cm³/mol. The standard InChI is InChI=1S/C18H20N4O.2ClH/c19-8-7-13-1-3-14(4-2-13)15-5-6-17-16(11-15)18(20-9-10-23)22-12-21-17;;/h1-6,11-12,23H,7-10,19H2,(H,20,21,22);2*1H. The Morgan fingerprint density at radius 1 is 0.960 bits per heavy atom. The highest BCUT2D eigenvalue weighted by Crippen LogP contribution is 2.27. The van der Waals surface area contributed by atoms with E-state index in [0.29, 0.717) is 13.1 Å². The SMILES string of the molecule is Cl.Cl.NCCc1ccc(-c2ccc3ncnc(NCCO)c3c2)cc1. The Hall–Kier alpha value is -1.92. The third kappa shape index (κ3) is 5.03. The predicted octanol–water partition coefficient (Wildman–Crippen LogP) is 3.05. The summed E-state index contributed by atoms with van der Waals surface area (Å²) >= 11 is 0. The van der Waals surface area contributed by atoms with Gasteiger partial charge in [-0.2, -0.15) is 0 Å². The zero-order chi connectivity index (χ0) is 16.1. The zero-order valence-corrected chi connectivity index (χ0v) is 15.3. The third-order valence-corrected chi connectivity index (χ3v) is 3.76. The van der Waals surface area contributed by atoms with Crippen molar-refractivity contribution in [3.63, 3.8) is 0 Å². The second kappa shape index (κ2) is 10.2. The first-order valence-electron chi connectivity index (χ1n) is 7.70. The maximum atomic E-state index is 8.99. The van der Waals surface area contributed by atoms with Crippen molar-refractivity contribution in [2.45, 2.75) is 6.42 Å². The van der Waals surface area contributed by atoms with Crippen molar-refractivity contribution >= 4 is 41.5 Å². The molecule has 0 aliphatic carbocycles. The van der Waals surface area contributed by atoms with Crippen LogP contribution in [-0.4, -0.2) is 34.8 Å². The van der Waals surface area contributed by atoms with Gasteiger partial charge < -0.3 is 16.2 Å². The first kappa shape index (κ1) is 21.1. The minimum absolute atomic E-state index is 0. The fourth-order valence-electron chi connectivity index (χ4n) is 2.58. The average Bonchev–Trinajstić information content (AvgIpc) is 2.60. The van der Waals surface area contributed by atoms with Crippen molar-refractivity contribution in [1.29, 1.82) is 0 Å². The molecule has 3 rings (SSSR count). The van der Waals surface area contributed by atoms with Crippen LogP contribution in [-0.2, 0) is 6.42 Å². The van der Waals surface area contributed by atoms with Gasteiger partial charge in [-0.25, -0.2) is 9.97 Å². The molecule has 7 heteroatoms. The van der Waals surface area contributed by atoms with Gasteiger partial charge in [0, 0.05) is 11.9 Å².